The van der Waals surface area contributed by atoms with Crippen molar-refractivity contribution in [1.82, 2.24) is 14.5 Å². The van der Waals surface area contributed by atoms with E-state index in [4.69, 9.17) is 21.1 Å². The second-order valence-electron chi connectivity index (χ2n) is 7.73. The molecule has 0 saturated carbocycles. The minimum atomic E-state index is -0.0960. The number of nitrogens with one attached hydrogen (secondary N) is 1. The molecule has 0 atom stereocenters. The number of fused-ring (bicyclic) bond motifs is 2. The maximum Gasteiger partial charge on any atom is 0.326 e. The molecule has 0 unspecified atom stereocenters. The number of benzene rings is 2. The van der Waals surface area contributed by atoms with Crippen molar-refractivity contribution in [3.63, 3.8) is 0 Å². The molecule has 0 spiro atoms. The number of aromatic amines is 1. The molecule has 2 aliphatic heterocycles. The smallest absolute Gasteiger partial charge is 0.326 e. The van der Waals surface area contributed by atoms with Gasteiger partial charge < -0.3 is 19.4 Å². The summed E-state index contributed by atoms with van der Waals surface area (Å²) in [4.78, 5) is 29.8. The monoisotopic (exact) mass is 439 g/mol. The molecule has 1 amide bonds. The SMILES string of the molecule is O=C(C=Cc1cc(Cl)c2c(c1)OCCO2)N1CCC(n2c(=O)[nH]c3ccccc32)CC1. The van der Waals surface area contributed by atoms with Crippen LogP contribution in [0.25, 0.3) is 17.1 Å². The summed E-state index contributed by atoms with van der Waals surface area (Å²) >= 11 is 6.27. The summed E-state index contributed by atoms with van der Waals surface area (Å²) in [5.41, 5.74) is 2.43. The third kappa shape index (κ3) is 3.81. The first-order valence-electron chi connectivity index (χ1n) is 10.4. The van der Waals surface area contributed by atoms with Gasteiger partial charge in [-0.2, -0.15) is 0 Å². The lowest BCUT2D eigenvalue weighted by Crippen LogP contribution is -2.39. The van der Waals surface area contributed by atoms with Gasteiger partial charge >= 0.3 is 5.69 Å². The molecule has 7 nitrogen and oxygen atoms in total. The molecule has 160 valence electrons. The maximum absolute atomic E-state index is 12.7. The lowest BCUT2D eigenvalue weighted by atomic mass is 10.0. The van der Waals surface area contributed by atoms with Gasteiger partial charge in [0.25, 0.3) is 0 Å². The zero-order valence-electron chi connectivity index (χ0n) is 16.8. The Morgan fingerprint density at radius 1 is 1.13 bits per heavy atom. The van der Waals surface area contributed by atoms with Crippen LogP contribution in [0, 0.1) is 0 Å². The topological polar surface area (TPSA) is 76.6 Å². The minimum absolute atomic E-state index is 0.0595. The molecule has 2 aromatic carbocycles. The van der Waals surface area contributed by atoms with Crippen LogP contribution >= 0.6 is 11.6 Å². The van der Waals surface area contributed by atoms with Gasteiger partial charge in [-0.3, -0.25) is 9.36 Å². The summed E-state index contributed by atoms with van der Waals surface area (Å²) in [5.74, 6) is 1.08. The van der Waals surface area contributed by atoms with Gasteiger partial charge in [-0.25, -0.2) is 4.79 Å². The van der Waals surface area contributed by atoms with Crippen molar-refractivity contribution in [2.45, 2.75) is 18.9 Å². The lowest BCUT2D eigenvalue weighted by molar-refractivity contribution is -0.127. The Balaban J connectivity index is 1.26. The van der Waals surface area contributed by atoms with Gasteiger partial charge in [0, 0.05) is 25.2 Å². The Bertz CT molecular complexity index is 1220. The van der Waals surface area contributed by atoms with Gasteiger partial charge in [0.1, 0.15) is 13.2 Å². The number of likely N-dealkylation sites (tertiary alicyclic amines) is 1. The highest BCUT2D eigenvalue weighted by molar-refractivity contribution is 6.32. The van der Waals surface area contributed by atoms with Crippen LogP contribution in [0.3, 0.4) is 0 Å². The molecular weight excluding hydrogens is 418 g/mol. The van der Waals surface area contributed by atoms with Crippen molar-refractivity contribution in [2.24, 2.45) is 0 Å². The first kappa shape index (κ1) is 19.8. The molecule has 0 bridgehead atoms. The maximum atomic E-state index is 12.7. The number of rotatable bonds is 3. The Morgan fingerprint density at radius 2 is 1.90 bits per heavy atom. The van der Waals surface area contributed by atoms with E-state index in [0.29, 0.717) is 42.8 Å². The number of para-hydroxylation sites is 2. The van der Waals surface area contributed by atoms with Crippen molar-refractivity contribution in [3.8, 4) is 11.5 Å². The summed E-state index contributed by atoms with van der Waals surface area (Å²) < 4.78 is 12.9. The van der Waals surface area contributed by atoms with Gasteiger partial charge in [0.15, 0.2) is 11.5 Å². The quantitative estimate of drug-likeness (QED) is 0.632. The molecule has 1 N–H and O–H groups in total. The van der Waals surface area contributed by atoms with Gasteiger partial charge in [-0.05, 0) is 48.7 Å². The van der Waals surface area contributed by atoms with E-state index in [-0.39, 0.29) is 17.6 Å². The molecule has 31 heavy (non-hydrogen) atoms. The lowest BCUT2D eigenvalue weighted by Gasteiger charge is -2.32. The normalized spacial score (nSPS) is 16.9. The summed E-state index contributed by atoms with van der Waals surface area (Å²) in [6.07, 6.45) is 4.76. The van der Waals surface area contributed by atoms with Crippen molar-refractivity contribution < 1.29 is 14.3 Å². The average Bonchev–Trinajstić information content (AvgIpc) is 3.13. The Labute approximate surface area is 183 Å². The predicted octanol–water partition coefficient (Wildman–Crippen LogP) is 3.63. The molecule has 1 fully saturated rings. The number of H-pyrrole nitrogens is 1. The van der Waals surface area contributed by atoms with Crippen LogP contribution in [-0.4, -0.2) is 46.7 Å². The molecule has 1 saturated heterocycles. The first-order chi connectivity index (χ1) is 15.1. The number of halogens is 1. The van der Waals surface area contributed by atoms with E-state index in [0.717, 1.165) is 29.4 Å². The molecule has 2 aliphatic rings. The molecular formula is C23H22ClN3O4. The zero-order chi connectivity index (χ0) is 21.4. The molecule has 0 radical (unpaired) electrons. The van der Waals surface area contributed by atoms with Crippen molar-refractivity contribution in [3.05, 3.63) is 63.5 Å². The van der Waals surface area contributed by atoms with E-state index < -0.39 is 0 Å². The average molecular weight is 440 g/mol. The fourth-order valence-electron chi connectivity index (χ4n) is 4.28. The molecule has 5 rings (SSSR count). The number of hydrogen-bond donors (Lipinski definition) is 1. The van der Waals surface area contributed by atoms with Crippen molar-refractivity contribution >= 4 is 34.6 Å². The number of hydrogen-bond acceptors (Lipinski definition) is 4. The van der Waals surface area contributed by atoms with E-state index >= 15 is 0 Å². The van der Waals surface area contributed by atoms with Gasteiger partial charge in [-0.1, -0.05) is 23.7 Å². The summed E-state index contributed by atoms with van der Waals surface area (Å²) in [5, 5.41) is 0.467. The first-order valence-corrected chi connectivity index (χ1v) is 10.7. The third-order valence-corrected chi connectivity index (χ3v) is 6.08. The number of imidazole rings is 1. The zero-order valence-corrected chi connectivity index (χ0v) is 17.6. The third-order valence-electron chi connectivity index (χ3n) is 5.80. The second kappa shape index (κ2) is 8.15. The summed E-state index contributed by atoms with van der Waals surface area (Å²) in [7, 11) is 0. The number of amides is 1. The van der Waals surface area contributed by atoms with E-state index in [1.54, 1.807) is 18.2 Å². The standard InChI is InChI=1S/C23H22ClN3O4/c24-17-13-15(14-20-22(17)31-12-11-30-20)5-6-21(28)26-9-7-16(8-10-26)27-19-4-2-1-3-18(19)25-23(27)29/h1-6,13-14,16H,7-12H2,(H,25,29). The predicted molar refractivity (Wildman–Crippen MR) is 119 cm³/mol. The highest BCUT2D eigenvalue weighted by Gasteiger charge is 2.25. The number of aromatic nitrogens is 2. The van der Waals surface area contributed by atoms with Gasteiger partial charge in [0.05, 0.1) is 16.1 Å². The van der Waals surface area contributed by atoms with Crippen LogP contribution in [0.15, 0.2) is 47.3 Å². The minimum Gasteiger partial charge on any atom is -0.486 e. The Kier molecular flexibility index (Phi) is 5.19. The number of piperidine rings is 1. The van der Waals surface area contributed by atoms with E-state index in [9.17, 15) is 9.59 Å². The van der Waals surface area contributed by atoms with Crippen LogP contribution < -0.4 is 15.2 Å². The molecule has 3 heterocycles. The van der Waals surface area contributed by atoms with Crippen molar-refractivity contribution in [1.29, 1.82) is 0 Å². The Morgan fingerprint density at radius 3 is 2.74 bits per heavy atom. The van der Waals surface area contributed by atoms with Crippen LogP contribution in [0.1, 0.15) is 24.4 Å². The molecule has 0 aliphatic carbocycles. The van der Waals surface area contributed by atoms with Gasteiger partial charge in [-0.15, -0.1) is 0 Å². The fraction of sp³-hybridized carbons (Fsp3) is 0.304. The fourth-order valence-corrected chi connectivity index (χ4v) is 4.55. The van der Waals surface area contributed by atoms with E-state index in [1.807, 2.05) is 39.8 Å². The largest absolute Gasteiger partial charge is 0.486 e. The van der Waals surface area contributed by atoms with E-state index in [1.165, 1.54) is 0 Å². The van der Waals surface area contributed by atoms with Gasteiger partial charge in [0.2, 0.25) is 5.91 Å². The Hall–Kier alpha value is -3.19. The highest BCUT2D eigenvalue weighted by Crippen LogP contribution is 2.38. The number of carbonyl (C=O) groups excluding carboxylic acids is 1. The highest BCUT2D eigenvalue weighted by atomic mass is 35.5. The molecule has 1 aromatic heterocycles. The molecule has 8 heteroatoms. The number of nitrogens with zero attached hydrogens (tertiary/aromatic N) is 2. The van der Waals surface area contributed by atoms with Crippen LogP contribution in [-0.2, 0) is 4.79 Å². The molecule has 3 aromatic rings. The summed E-state index contributed by atoms with van der Waals surface area (Å²) in [6, 6.07) is 11.3. The number of ether oxygens (including phenoxy) is 2. The summed E-state index contributed by atoms with van der Waals surface area (Å²) in [6.45, 7) is 2.15. The van der Waals surface area contributed by atoms with Crippen LogP contribution in [0.4, 0.5) is 0 Å². The van der Waals surface area contributed by atoms with Crippen LogP contribution in [0.2, 0.25) is 5.02 Å². The second-order valence-corrected chi connectivity index (χ2v) is 8.14. The van der Waals surface area contributed by atoms with Crippen molar-refractivity contribution in [2.75, 3.05) is 26.3 Å². The number of carbonyl (C=O) groups is 1. The van der Waals surface area contributed by atoms with E-state index in [2.05, 4.69) is 4.98 Å². The van der Waals surface area contributed by atoms with Crippen LogP contribution in [0.5, 0.6) is 11.5 Å².